The SMILES string of the molecule is CC[C@H](N)C(=O)NCCCC#Cc1ccc2sccc2c1. The van der Waals surface area contributed by atoms with Crippen LogP contribution in [0.2, 0.25) is 0 Å². The maximum atomic E-state index is 11.5. The van der Waals surface area contributed by atoms with E-state index in [1.54, 1.807) is 11.3 Å². The van der Waals surface area contributed by atoms with Gasteiger partial charge in [0.2, 0.25) is 5.91 Å². The number of rotatable bonds is 5. The Morgan fingerprint density at radius 2 is 2.29 bits per heavy atom. The van der Waals surface area contributed by atoms with E-state index >= 15 is 0 Å². The minimum absolute atomic E-state index is 0.0756. The van der Waals surface area contributed by atoms with Gasteiger partial charge in [-0.25, -0.2) is 0 Å². The summed E-state index contributed by atoms with van der Waals surface area (Å²) in [5, 5.41) is 6.15. The summed E-state index contributed by atoms with van der Waals surface area (Å²) in [7, 11) is 0. The van der Waals surface area contributed by atoms with E-state index in [4.69, 9.17) is 5.73 Å². The fourth-order valence-corrected chi connectivity index (χ4v) is 2.68. The molecular weight excluding hydrogens is 280 g/mol. The largest absolute Gasteiger partial charge is 0.355 e. The Balaban J connectivity index is 1.75. The molecule has 2 aromatic rings. The van der Waals surface area contributed by atoms with Crippen LogP contribution in [0, 0.1) is 11.8 Å². The third-order valence-corrected chi connectivity index (χ3v) is 4.14. The van der Waals surface area contributed by atoms with Crippen LogP contribution in [-0.4, -0.2) is 18.5 Å². The van der Waals surface area contributed by atoms with Crippen molar-refractivity contribution in [3.63, 3.8) is 0 Å². The second-order valence-corrected chi connectivity index (χ2v) is 5.83. The van der Waals surface area contributed by atoms with Crippen molar-refractivity contribution in [2.75, 3.05) is 6.54 Å². The Labute approximate surface area is 129 Å². The zero-order valence-electron chi connectivity index (χ0n) is 12.2. The molecule has 1 amide bonds. The Morgan fingerprint density at radius 3 is 3.10 bits per heavy atom. The molecule has 1 atom stereocenters. The standard InChI is InChI=1S/C17H20N2OS/c1-2-15(18)17(20)19-10-5-3-4-6-13-7-8-16-14(12-13)9-11-21-16/h7-9,11-12,15H,2-3,5,10,18H2,1H3,(H,19,20)/t15-/m0/s1. The molecule has 1 aromatic carbocycles. The van der Waals surface area contributed by atoms with Gasteiger partial charge >= 0.3 is 0 Å². The lowest BCUT2D eigenvalue weighted by Gasteiger charge is -2.08. The van der Waals surface area contributed by atoms with Gasteiger partial charge in [0.05, 0.1) is 6.04 Å². The van der Waals surface area contributed by atoms with Crippen LogP contribution >= 0.6 is 11.3 Å². The Kier molecular flexibility index (Phi) is 5.79. The molecule has 0 saturated carbocycles. The molecule has 0 aliphatic carbocycles. The number of amides is 1. The molecule has 21 heavy (non-hydrogen) atoms. The summed E-state index contributed by atoms with van der Waals surface area (Å²) in [5.74, 6) is 6.24. The van der Waals surface area contributed by atoms with Crippen LogP contribution in [0.25, 0.3) is 10.1 Å². The van der Waals surface area contributed by atoms with E-state index in [0.29, 0.717) is 13.0 Å². The van der Waals surface area contributed by atoms with Crippen LogP contribution in [0.15, 0.2) is 29.6 Å². The summed E-state index contributed by atoms with van der Waals surface area (Å²) in [6.07, 6.45) is 2.27. The first-order valence-electron chi connectivity index (χ1n) is 7.20. The first-order chi connectivity index (χ1) is 10.2. The van der Waals surface area contributed by atoms with Gasteiger partial charge in [-0.1, -0.05) is 18.8 Å². The molecule has 0 unspecified atom stereocenters. The summed E-state index contributed by atoms with van der Waals surface area (Å²) in [4.78, 5) is 11.5. The third kappa shape index (κ3) is 4.59. The molecule has 3 nitrogen and oxygen atoms in total. The molecule has 2 rings (SSSR count). The maximum Gasteiger partial charge on any atom is 0.236 e. The number of benzene rings is 1. The molecule has 1 aromatic heterocycles. The molecule has 4 heteroatoms. The molecule has 0 spiro atoms. The van der Waals surface area contributed by atoms with E-state index in [-0.39, 0.29) is 5.91 Å². The van der Waals surface area contributed by atoms with Crippen LogP contribution in [-0.2, 0) is 4.79 Å². The lowest BCUT2D eigenvalue weighted by atomic mass is 10.1. The van der Waals surface area contributed by atoms with Crippen LogP contribution in [0.3, 0.4) is 0 Å². The van der Waals surface area contributed by atoms with E-state index in [1.165, 1.54) is 10.1 Å². The van der Waals surface area contributed by atoms with E-state index < -0.39 is 6.04 Å². The van der Waals surface area contributed by atoms with E-state index in [1.807, 2.05) is 13.0 Å². The number of nitrogens with one attached hydrogen (secondary N) is 1. The second kappa shape index (κ2) is 7.82. The molecule has 110 valence electrons. The summed E-state index contributed by atoms with van der Waals surface area (Å²) in [6, 6.07) is 7.98. The highest BCUT2D eigenvalue weighted by Gasteiger charge is 2.08. The number of carbonyl (C=O) groups is 1. The monoisotopic (exact) mass is 300 g/mol. The van der Waals surface area contributed by atoms with Gasteiger partial charge in [-0.3, -0.25) is 4.79 Å². The molecule has 3 N–H and O–H groups in total. The van der Waals surface area contributed by atoms with Gasteiger partial charge in [0.15, 0.2) is 0 Å². The fraction of sp³-hybridized carbons (Fsp3) is 0.353. The van der Waals surface area contributed by atoms with Crippen LogP contribution in [0.5, 0.6) is 0 Å². The summed E-state index contributed by atoms with van der Waals surface area (Å²) < 4.78 is 1.29. The fourth-order valence-electron chi connectivity index (χ4n) is 1.91. The average molecular weight is 300 g/mol. The van der Waals surface area contributed by atoms with Crippen molar-refractivity contribution in [1.29, 1.82) is 0 Å². The second-order valence-electron chi connectivity index (χ2n) is 4.88. The van der Waals surface area contributed by atoms with Crippen molar-refractivity contribution in [1.82, 2.24) is 5.32 Å². The number of nitrogens with two attached hydrogens (primary N) is 1. The number of thiophene rings is 1. The summed E-state index contributed by atoms with van der Waals surface area (Å²) in [5.41, 5.74) is 6.67. The topological polar surface area (TPSA) is 55.1 Å². The molecule has 0 fully saturated rings. The lowest BCUT2D eigenvalue weighted by molar-refractivity contribution is -0.122. The maximum absolute atomic E-state index is 11.5. The molecule has 0 bridgehead atoms. The smallest absolute Gasteiger partial charge is 0.236 e. The average Bonchev–Trinajstić information content (AvgIpc) is 2.97. The molecule has 0 saturated heterocycles. The number of hydrogen-bond donors (Lipinski definition) is 2. The van der Waals surface area contributed by atoms with Gasteiger partial charge in [-0.05, 0) is 47.9 Å². The molecule has 0 radical (unpaired) electrons. The quantitative estimate of drug-likeness (QED) is 0.659. The first kappa shape index (κ1) is 15.6. The van der Waals surface area contributed by atoms with Crippen molar-refractivity contribution in [3.8, 4) is 11.8 Å². The van der Waals surface area contributed by atoms with Crippen molar-refractivity contribution in [3.05, 3.63) is 35.2 Å². The number of fused-ring (bicyclic) bond motifs is 1. The van der Waals surface area contributed by atoms with E-state index in [9.17, 15) is 4.79 Å². The van der Waals surface area contributed by atoms with E-state index in [0.717, 1.165) is 18.4 Å². The van der Waals surface area contributed by atoms with Crippen molar-refractivity contribution < 1.29 is 4.79 Å². The normalized spacial score (nSPS) is 11.7. The van der Waals surface area contributed by atoms with Gasteiger partial charge in [0.1, 0.15) is 0 Å². The molecule has 0 aliphatic heterocycles. The highest BCUT2D eigenvalue weighted by molar-refractivity contribution is 7.17. The van der Waals surface area contributed by atoms with Crippen LogP contribution in [0.4, 0.5) is 0 Å². The minimum atomic E-state index is -0.395. The van der Waals surface area contributed by atoms with Crippen molar-refractivity contribution in [2.24, 2.45) is 5.73 Å². The van der Waals surface area contributed by atoms with Gasteiger partial charge in [0.25, 0.3) is 0 Å². The number of hydrogen-bond acceptors (Lipinski definition) is 3. The minimum Gasteiger partial charge on any atom is -0.355 e. The zero-order chi connectivity index (χ0) is 15.1. The predicted molar refractivity (Wildman–Crippen MR) is 89.2 cm³/mol. The van der Waals surface area contributed by atoms with Gasteiger partial charge in [0, 0.05) is 23.2 Å². The van der Waals surface area contributed by atoms with Crippen molar-refractivity contribution >= 4 is 27.3 Å². The lowest BCUT2D eigenvalue weighted by Crippen LogP contribution is -2.40. The predicted octanol–water partition coefficient (Wildman–Crippen LogP) is 2.89. The molecule has 0 aliphatic rings. The first-order valence-corrected chi connectivity index (χ1v) is 8.08. The van der Waals surface area contributed by atoms with Gasteiger partial charge < -0.3 is 11.1 Å². The third-order valence-electron chi connectivity index (χ3n) is 3.24. The Morgan fingerprint density at radius 1 is 1.43 bits per heavy atom. The van der Waals surface area contributed by atoms with Gasteiger partial charge in [-0.15, -0.1) is 11.3 Å². The van der Waals surface area contributed by atoms with Crippen LogP contribution < -0.4 is 11.1 Å². The number of unbranched alkanes of at least 4 members (excludes halogenated alkanes) is 1. The summed E-state index contributed by atoms with van der Waals surface area (Å²) in [6.45, 7) is 2.53. The highest BCUT2D eigenvalue weighted by atomic mass is 32.1. The zero-order valence-corrected chi connectivity index (χ0v) is 13.0. The van der Waals surface area contributed by atoms with Crippen molar-refractivity contribution in [2.45, 2.75) is 32.2 Å². The number of carbonyl (C=O) groups excluding carboxylic acids is 1. The Bertz CT molecular complexity index is 666. The van der Waals surface area contributed by atoms with Gasteiger partial charge in [-0.2, -0.15) is 0 Å². The van der Waals surface area contributed by atoms with Crippen LogP contribution in [0.1, 0.15) is 31.7 Å². The molecule has 1 heterocycles. The Hall–Kier alpha value is -1.83. The highest BCUT2D eigenvalue weighted by Crippen LogP contribution is 2.21. The van der Waals surface area contributed by atoms with E-state index in [2.05, 4.69) is 40.7 Å². The summed E-state index contributed by atoms with van der Waals surface area (Å²) >= 11 is 1.74. The molecular formula is C17H20N2OS.